The lowest BCUT2D eigenvalue weighted by atomic mass is 10.2. The number of para-hydroxylation sites is 1. The quantitative estimate of drug-likeness (QED) is 0.736. The Bertz CT molecular complexity index is 702. The van der Waals surface area contributed by atoms with Gasteiger partial charge in [0.1, 0.15) is 5.75 Å². The van der Waals surface area contributed by atoms with Gasteiger partial charge in [-0.25, -0.2) is 0 Å². The molecule has 1 unspecified atom stereocenters. The number of aromatic nitrogens is 1. The van der Waals surface area contributed by atoms with Crippen LogP contribution in [0.3, 0.4) is 0 Å². The molecule has 24 heavy (non-hydrogen) atoms. The van der Waals surface area contributed by atoms with E-state index in [2.05, 4.69) is 26.2 Å². The molecule has 1 heterocycles. The Labute approximate surface area is 150 Å². The first-order valence-electron chi connectivity index (χ1n) is 7.95. The van der Waals surface area contributed by atoms with Gasteiger partial charge in [0.2, 0.25) is 5.91 Å². The van der Waals surface area contributed by atoms with Gasteiger partial charge >= 0.3 is 0 Å². The van der Waals surface area contributed by atoms with E-state index in [1.54, 1.807) is 12.4 Å². The Morgan fingerprint density at radius 1 is 1.25 bits per heavy atom. The third-order valence-electron chi connectivity index (χ3n) is 3.71. The first-order valence-corrected chi connectivity index (χ1v) is 8.74. The van der Waals surface area contributed by atoms with Crippen molar-refractivity contribution in [2.75, 3.05) is 6.54 Å². The van der Waals surface area contributed by atoms with Crippen molar-refractivity contribution < 1.29 is 9.53 Å². The van der Waals surface area contributed by atoms with E-state index in [4.69, 9.17) is 4.74 Å². The predicted octanol–water partition coefficient (Wildman–Crippen LogP) is 3.79. The van der Waals surface area contributed by atoms with Crippen molar-refractivity contribution in [1.29, 1.82) is 0 Å². The zero-order valence-corrected chi connectivity index (χ0v) is 14.8. The molecule has 5 heteroatoms. The molecule has 0 aliphatic heterocycles. The Morgan fingerprint density at radius 2 is 1.96 bits per heavy atom. The molecule has 1 N–H and O–H groups in total. The van der Waals surface area contributed by atoms with Crippen LogP contribution in [0.4, 0.5) is 0 Å². The number of alkyl halides is 1. The number of rotatable bonds is 7. The number of carbonyl (C=O) groups is 1. The van der Waals surface area contributed by atoms with Crippen LogP contribution in [0.15, 0.2) is 60.9 Å². The van der Waals surface area contributed by atoms with Gasteiger partial charge in [0.25, 0.3) is 0 Å². The van der Waals surface area contributed by atoms with E-state index >= 15 is 0 Å². The lowest BCUT2D eigenvalue weighted by Gasteiger charge is -2.26. The number of halogens is 1. The molecule has 1 fully saturated rings. The number of ether oxygens (including phenoxy) is 1. The first kappa shape index (κ1) is 16.7. The second-order valence-electron chi connectivity index (χ2n) is 5.81. The Hall–Kier alpha value is -2.14. The van der Waals surface area contributed by atoms with E-state index in [1.807, 2.05) is 54.6 Å². The van der Waals surface area contributed by atoms with Crippen molar-refractivity contribution in [2.45, 2.75) is 17.4 Å². The summed E-state index contributed by atoms with van der Waals surface area (Å²) in [5, 5.41) is 2.97. The molecule has 124 valence electrons. The minimum atomic E-state index is -0.817. The molecule has 1 amide bonds. The van der Waals surface area contributed by atoms with Crippen molar-refractivity contribution in [3.05, 3.63) is 66.5 Å². The minimum absolute atomic E-state index is 0.0906. The van der Waals surface area contributed by atoms with Crippen molar-refractivity contribution in [2.24, 2.45) is 5.92 Å². The van der Waals surface area contributed by atoms with Crippen LogP contribution < -0.4 is 10.1 Å². The fourth-order valence-corrected chi connectivity index (χ4v) is 2.67. The lowest BCUT2D eigenvalue weighted by molar-refractivity contribution is -0.122. The maximum Gasteiger partial charge on any atom is 0.223 e. The molecule has 1 aromatic heterocycles. The summed E-state index contributed by atoms with van der Waals surface area (Å²) < 4.78 is 5.26. The largest absolute Gasteiger partial charge is 0.470 e. The molecule has 3 rings (SSSR count). The molecule has 0 bridgehead atoms. The van der Waals surface area contributed by atoms with E-state index < -0.39 is 4.51 Å². The van der Waals surface area contributed by atoms with Gasteiger partial charge in [0.05, 0.1) is 6.54 Å². The molecule has 4 nitrogen and oxygen atoms in total. The number of amides is 1. The van der Waals surface area contributed by atoms with E-state index in [1.165, 1.54) is 0 Å². The van der Waals surface area contributed by atoms with Crippen molar-refractivity contribution >= 4 is 27.9 Å². The summed E-state index contributed by atoms with van der Waals surface area (Å²) in [7, 11) is 0. The number of hydrogen-bond acceptors (Lipinski definition) is 3. The van der Waals surface area contributed by atoms with Crippen LogP contribution in [0.5, 0.6) is 5.75 Å². The normalized spacial score (nSPS) is 16.5. The van der Waals surface area contributed by atoms with Crippen LogP contribution in [0, 0.1) is 5.92 Å². The number of carbonyl (C=O) groups excluding carboxylic acids is 1. The molecular weight excluding hydrogens is 368 g/mol. The fourth-order valence-electron chi connectivity index (χ4n) is 2.21. The standard InChI is InChI=1S/C19H19BrN2O2/c20-19(14-22-18(23)16-6-7-16,24-17-4-2-1-3-5-17)11-8-15-9-12-21-13-10-15/h1-5,8-13,16H,6-7,14H2,(H,22,23)/b11-8+. The van der Waals surface area contributed by atoms with Gasteiger partial charge in [0.15, 0.2) is 4.51 Å². The number of hydrogen-bond donors (Lipinski definition) is 1. The van der Waals surface area contributed by atoms with E-state index in [-0.39, 0.29) is 11.8 Å². The summed E-state index contributed by atoms with van der Waals surface area (Å²) in [6.07, 6.45) is 9.29. The molecule has 1 saturated carbocycles. The Kier molecular flexibility index (Phi) is 5.30. The van der Waals surface area contributed by atoms with Crippen LogP contribution >= 0.6 is 15.9 Å². The monoisotopic (exact) mass is 386 g/mol. The summed E-state index contributed by atoms with van der Waals surface area (Å²) in [6, 6.07) is 13.4. The number of pyridine rings is 1. The van der Waals surface area contributed by atoms with Crippen LogP contribution in [-0.2, 0) is 4.79 Å². The number of benzene rings is 1. The van der Waals surface area contributed by atoms with Gasteiger partial charge in [-0.3, -0.25) is 9.78 Å². The summed E-state index contributed by atoms with van der Waals surface area (Å²) in [5.41, 5.74) is 1.01. The highest BCUT2D eigenvalue weighted by Crippen LogP contribution is 2.30. The highest BCUT2D eigenvalue weighted by molar-refractivity contribution is 9.10. The smallest absolute Gasteiger partial charge is 0.223 e. The molecule has 1 atom stereocenters. The predicted molar refractivity (Wildman–Crippen MR) is 97.7 cm³/mol. The van der Waals surface area contributed by atoms with Crippen LogP contribution in [-0.4, -0.2) is 21.9 Å². The van der Waals surface area contributed by atoms with Crippen LogP contribution in [0.2, 0.25) is 0 Å². The van der Waals surface area contributed by atoms with Gasteiger partial charge in [-0.1, -0.05) is 24.3 Å². The second-order valence-corrected chi connectivity index (χ2v) is 7.15. The van der Waals surface area contributed by atoms with E-state index in [0.717, 1.165) is 24.2 Å². The molecule has 0 radical (unpaired) electrons. The second kappa shape index (κ2) is 7.62. The van der Waals surface area contributed by atoms with Gasteiger partial charge in [-0.05, 0) is 64.7 Å². The minimum Gasteiger partial charge on any atom is -0.470 e. The summed E-state index contributed by atoms with van der Waals surface area (Å²) in [5.74, 6) is 0.991. The molecule has 1 aliphatic carbocycles. The van der Waals surface area contributed by atoms with Crippen molar-refractivity contribution in [3.8, 4) is 5.75 Å². The molecule has 2 aromatic rings. The van der Waals surface area contributed by atoms with Gasteiger partial charge in [-0.15, -0.1) is 0 Å². The highest BCUT2D eigenvalue weighted by Gasteiger charge is 2.32. The van der Waals surface area contributed by atoms with Crippen LogP contribution in [0.1, 0.15) is 18.4 Å². The summed E-state index contributed by atoms with van der Waals surface area (Å²) >= 11 is 3.64. The lowest BCUT2D eigenvalue weighted by Crippen LogP contribution is -2.41. The topological polar surface area (TPSA) is 51.2 Å². The number of nitrogens with zero attached hydrogens (tertiary/aromatic N) is 1. The third-order valence-corrected chi connectivity index (χ3v) is 4.42. The van der Waals surface area contributed by atoms with E-state index in [9.17, 15) is 4.79 Å². The zero-order chi connectivity index (χ0) is 16.8. The van der Waals surface area contributed by atoms with Crippen molar-refractivity contribution in [1.82, 2.24) is 10.3 Å². The third kappa shape index (κ3) is 4.93. The number of nitrogens with one attached hydrogen (secondary N) is 1. The molecule has 0 saturated heterocycles. The van der Waals surface area contributed by atoms with Gasteiger partial charge in [0, 0.05) is 18.3 Å². The summed E-state index contributed by atoms with van der Waals surface area (Å²) in [4.78, 5) is 16.0. The van der Waals surface area contributed by atoms with Crippen molar-refractivity contribution in [3.63, 3.8) is 0 Å². The van der Waals surface area contributed by atoms with E-state index in [0.29, 0.717) is 6.54 Å². The fraction of sp³-hybridized carbons (Fsp3) is 0.263. The molecular formula is C19H19BrN2O2. The first-order chi connectivity index (χ1) is 11.6. The van der Waals surface area contributed by atoms with Gasteiger partial charge in [-0.2, -0.15) is 0 Å². The summed E-state index contributed by atoms with van der Waals surface area (Å²) in [6.45, 7) is 0.346. The maximum atomic E-state index is 12.0. The average Bonchev–Trinajstić information content (AvgIpc) is 3.45. The molecule has 0 spiro atoms. The maximum absolute atomic E-state index is 12.0. The zero-order valence-electron chi connectivity index (χ0n) is 13.2. The van der Waals surface area contributed by atoms with Gasteiger partial charge < -0.3 is 10.1 Å². The molecule has 1 aliphatic rings. The highest BCUT2D eigenvalue weighted by atomic mass is 79.9. The Balaban J connectivity index is 1.73. The Morgan fingerprint density at radius 3 is 2.62 bits per heavy atom. The molecule has 1 aromatic carbocycles. The SMILES string of the molecule is O=C(NCC(Br)(/C=C/c1ccncc1)Oc1ccccc1)C1CC1. The van der Waals surface area contributed by atoms with Crippen LogP contribution in [0.25, 0.3) is 6.08 Å². The average molecular weight is 387 g/mol.